The Morgan fingerprint density at radius 2 is 1.97 bits per heavy atom. The van der Waals surface area contributed by atoms with Gasteiger partial charge in [-0.3, -0.25) is 0 Å². The molecule has 7 nitrogen and oxygen atoms in total. The number of rotatable bonds is 11. The van der Waals surface area contributed by atoms with Crippen molar-refractivity contribution in [3.63, 3.8) is 0 Å². The summed E-state index contributed by atoms with van der Waals surface area (Å²) in [5.41, 5.74) is 1.99. The number of hydrogen-bond acceptors (Lipinski definition) is 8. The van der Waals surface area contributed by atoms with Crippen molar-refractivity contribution >= 4 is 23.5 Å². The molecule has 3 N–H and O–H groups in total. The van der Waals surface area contributed by atoms with Gasteiger partial charge in [-0.1, -0.05) is 18.2 Å². The molecule has 1 aromatic carbocycles. The van der Waals surface area contributed by atoms with Crippen LogP contribution in [0.4, 0.5) is 11.8 Å². The Hall–Kier alpha value is -2.34. The molecular weight excluding hydrogens is 468 g/mol. The highest BCUT2D eigenvalue weighted by Gasteiger charge is 2.55. The predicted molar refractivity (Wildman–Crippen MR) is 145 cm³/mol. The molecule has 0 spiro atoms. The maximum Gasteiger partial charge on any atom is 0.224 e. The summed E-state index contributed by atoms with van der Waals surface area (Å²) in [5, 5.41) is 25.9. The molecule has 0 aliphatic heterocycles. The van der Waals surface area contributed by atoms with Crippen LogP contribution in [0.1, 0.15) is 49.7 Å². The van der Waals surface area contributed by atoms with E-state index >= 15 is 0 Å². The van der Waals surface area contributed by atoms with Crippen LogP contribution in [0.25, 0.3) is 0 Å². The molecule has 3 unspecified atom stereocenters. The van der Waals surface area contributed by atoms with Crippen LogP contribution in [0.2, 0.25) is 0 Å². The Bertz CT molecular complexity index is 1090. The maximum absolute atomic E-state index is 9.70. The van der Waals surface area contributed by atoms with Crippen molar-refractivity contribution in [2.24, 2.45) is 23.2 Å². The van der Waals surface area contributed by atoms with Gasteiger partial charge in [0.2, 0.25) is 5.95 Å². The van der Waals surface area contributed by atoms with E-state index in [2.05, 4.69) is 58.1 Å². The molecule has 0 saturated heterocycles. The molecule has 1 heterocycles. The van der Waals surface area contributed by atoms with E-state index in [1.165, 1.54) is 42.6 Å². The van der Waals surface area contributed by atoms with Crippen LogP contribution in [-0.2, 0) is 6.54 Å². The van der Waals surface area contributed by atoms with Crippen LogP contribution in [-0.4, -0.2) is 59.0 Å². The molecule has 6 rings (SSSR count). The second-order valence-corrected chi connectivity index (χ2v) is 12.0. The largest absolute Gasteiger partial charge is 0.396 e. The van der Waals surface area contributed by atoms with E-state index in [-0.39, 0.29) is 12.0 Å². The number of benzene rings is 1. The van der Waals surface area contributed by atoms with Crippen molar-refractivity contribution in [2.75, 3.05) is 43.6 Å². The van der Waals surface area contributed by atoms with E-state index in [9.17, 15) is 10.4 Å². The van der Waals surface area contributed by atoms with Crippen LogP contribution in [0.3, 0.4) is 0 Å². The molecule has 4 aliphatic carbocycles. The highest BCUT2D eigenvalue weighted by atomic mass is 32.2. The topological polar surface area (TPSA) is 97.1 Å². The molecule has 4 saturated carbocycles. The van der Waals surface area contributed by atoms with E-state index in [0.717, 1.165) is 37.3 Å². The number of aliphatic hydroxyl groups excluding tert-OH is 1. The van der Waals surface area contributed by atoms with Gasteiger partial charge in [0.1, 0.15) is 17.5 Å². The van der Waals surface area contributed by atoms with Gasteiger partial charge < -0.3 is 20.6 Å². The molecule has 192 valence electrons. The molecule has 5 atom stereocenters. The third-order valence-corrected chi connectivity index (χ3v) is 9.54. The minimum Gasteiger partial charge on any atom is -0.396 e. The summed E-state index contributed by atoms with van der Waals surface area (Å²) in [6.45, 7) is 2.75. The van der Waals surface area contributed by atoms with Gasteiger partial charge >= 0.3 is 0 Å². The van der Waals surface area contributed by atoms with Crippen LogP contribution in [0.15, 0.2) is 35.4 Å². The van der Waals surface area contributed by atoms with Gasteiger partial charge in [0.15, 0.2) is 0 Å². The van der Waals surface area contributed by atoms with Crippen LogP contribution < -0.4 is 10.6 Å². The van der Waals surface area contributed by atoms with Crippen molar-refractivity contribution in [2.45, 2.75) is 56.0 Å². The number of thioether (sulfide) groups is 1. The third kappa shape index (κ3) is 5.20. The SMILES string of the molecule is CSc1ccccc1CNc1ncc(C#N)c(NCC23CC4C[C@H](C2)C(N(C)CCCO)[C@@H](C4)C3)n1. The molecule has 1 aromatic heterocycles. The lowest BCUT2D eigenvalue weighted by molar-refractivity contribution is -0.102. The number of anilines is 2. The highest BCUT2D eigenvalue weighted by molar-refractivity contribution is 7.98. The summed E-state index contributed by atoms with van der Waals surface area (Å²) in [5.74, 6) is 3.47. The average Bonchev–Trinajstić information content (AvgIpc) is 2.89. The van der Waals surface area contributed by atoms with Crippen molar-refractivity contribution in [1.82, 2.24) is 14.9 Å². The summed E-state index contributed by atoms with van der Waals surface area (Å²) >= 11 is 1.73. The number of aromatic nitrogens is 2. The van der Waals surface area contributed by atoms with Gasteiger partial charge in [0.05, 0.1) is 6.20 Å². The minimum absolute atomic E-state index is 0.268. The maximum atomic E-state index is 9.70. The van der Waals surface area contributed by atoms with Gasteiger partial charge in [-0.15, -0.1) is 11.8 Å². The fraction of sp³-hybridized carbons (Fsp3) is 0.607. The van der Waals surface area contributed by atoms with Crippen LogP contribution >= 0.6 is 11.8 Å². The number of hydrogen-bond donors (Lipinski definition) is 3. The summed E-state index contributed by atoms with van der Waals surface area (Å²) in [4.78, 5) is 12.9. The Morgan fingerprint density at radius 1 is 1.19 bits per heavy atom. The van der Waals surface area contributed by atoms with E-state index in [4.69, 9.17) is 4.98 Å². The fourth-order valence-electron chi connectivity index (χ4n) is 7.55. The number of aliphatic hydroxyl groups is 1. The second kappa shape index (κ2) is 11.0. The first-order chi connectivity index (χ1) is 17.5. The lowest BCUT2D eigenvalue weighted by atomic mass is 9.47. The normalized spacial score (nSPS) is 28.3. The summed E-state index contributed by atoms with van der Waals surface area (Å²) in [6, 6.07) is 11.2. The molecule has 4 bridgehead atoms. The molecule has 4 fully saturated rings. The standard InChI is InChI=1S/C28H38N6OS/c1-34(8-5-9-35)25-21-10-19-11-22(25)14-28(12-19,13-21)18-32-26-23(15-29)17-31-27(33-26)30-16-20-6-3-4-7-24(20)36-2/h3-4,6-7,17,19,21-22,25,35H,5,8-14,16,18H2,1-2H3,(H2,30,31,32,33)/t19?,21-,22+,25?,28?. The zero-order valence-corrected chi connectivity index (χ0v) is 22.2. The smallest absolute Gasteiger partial charge is 0.224 e. The molecule has 36 heavy (non-hydrogen) atoms. The molecule has 4 aliphatic rings. The average molecular weight is 507 g/mol. The van der Waals surface area contributed by atoms with E-state index in [1.54, 1.807) is 18.0 Å². The predicted octanol–water partition coefficient (Wildman–Crippen LogP) is 4.60. The first-order valence-electron chi connectivity index (χ1n) is 13.2. The Kier molecular flexibility index (Phi) is 7.71. The first-order valence-corrected chi connectivity index (χ1v) is 14.4. The molecular formula is C28H38N6OS. The number of nitriles is 1. The van der Waals surface area contributed by atoms with Crippen LogP contribution in [0, 0.1) is 34.5 Å². The van der Waals surface area contributed by atoms with E-state index in [0.29, 0.717) is 29.9 Å². The number of nitrogens with zero attached hydrogens (tertiary/aromatic N) is 4. The van der Waals surface area contributed by atoms with Gasteiger partial charge in [-0.25, -0.2) is 4.98 Å². The third-order valence-electron chi connectivity index (χ3n) is 8.70. The molecule has 0 radical (unpaired) electrons. The lowest BCUT2D eigenvalue weighted by Gasteiger charge is -2.62. The quantitative estimate of drug-likeness (QED) is 0.381. The minimum atomic E-state index is 0.268. The van der Waals surface area contributed by atoms with Gasteiger partial charge in [-0.2, -0.15) is 10.2 Å². The van der Waals surface area contributed by atoms with Gasteiger partial charge in [-0.05, 0) is 86.6 Å². The molecule has 2 aromatic rings. The molecule has 0 amide bonds. The first kappa shape index (κ1) is 25.3. The zero-order valence-electron chi connectivity index (χ0n) is 21.4. The number of nitrogens with one attached hydrogen (secondary N) is 2. The van der Waals surface area contributed by atoms with E-state index < -0.39 is 0 Å². The van der Waals surface area contributed by atoms with E-state index in [1.807, 2.05) is 6.07 Å². The van der Waals surface area contributed by atoms with Crippen molar-refractivity contribution in [3.8, 4) is 6.07 Å². The second-order valence-electron chi connectivity index (χ2n) is 11.1. The zero-order chi connectivity index (χ0) is 25.1. The fourth-order valence-corrected chi connectivity index (χ4v) is 8.17. The summed E-state index contributed by atoms with van der Waals surface area (Å²) in [6.07, 6.45) is 11.0. The van der Waals surface area contributed by atoms with Crippen LogP contribution in [0.5, 0.6) is 0 Å². The Morgan fingerprint density at radius 3 is 2.69 bits per heavy atom. The van der Waals surface area contributed by atoms with Gasteiger partial charge in [0, 0.05) is 37.2 Å². The summed E-state index contributed by atoms with van der Waals surface area (Å²) < 4.78 is 0. The van der Waals surface area contributed by atoms with Crippen molar-refractivity contribution in [3.05, 3.63) is 41.6 Å². The molecule has 8 heteroatoms. The van der Waals surface area contributed by atoms with Crippen molar-refractivity contribution in [1.29, 1.82) is 5.26 Å². The highest BCUT2D eigenvalue weighted by Crippen LogP contribution is 2.61. The Labute approximate surface area is 219 Å². The van der Waals surface area contributed by atoms with Gasteiger partial charge in [0.25, 0.3) is 0 Å². The lowest BCUT2D eigenvalue weighted by Crippen LogP contribution is -2.60. The monoisotopic (exact) mass is 506 g/mol. The Balaban J connectivity index is 1.26. The summed E-state index contributed by atoms with van der Waals surface area (Å²) in [7, 11) is 2.25. The van der Waals surface area contributed by atoms with Crippen molar-refractivity contribution < 1.29 is 5.11 Å².